The van der Waals surface area contributed by atoms with Gasteiger partial charge in [0.25, 0.3) is 0 Å². The van der Waals surface area contributed by atoms with Crippen molar-refractivity contribution in [2.45, 2.75) is 23.5 Å². The Morgan fingerprint density at radius 2 is 1.50 bits per heavy atom. The Morgan fingerprint density at radius 1 is 1.07 bits per heavy atom. The van der Waals surface area contributed by atoms with Gasteiger partial charge in [0.05, 0.1) is 7.11 Å². The molecule has 1 aromatic rings. The minimum absolute atomic E-state index is 0.309. The van der Waals surface area contributed by atoms with E-state index >= 15 is 0 Å². The highest BCUT2D eigenvalue weighted by Gasteiger charge is 2.14. The van der Waals surface area contributed by atoms with E-state index in [0.717, 1.165) is 5.75 Å². The van der Waals surface area contributed by atoms with E-state index in [4.69, 9.17) is 4.74 Å². The molecule has 1 nitrogen and oxygen atoms in total. The lowest BCUT2D eigenvalue weighted by Gasteiger charge is -2.16. The van der Waals surface area contributed by atoms with E-state index in [-0.39, 0.29) is 0 Å². The lowest BCUT2D eigenvalue weighted by Crippen LogP contribution is -1.97. The third-order valence-corrected chi connectivity index (χ3v) is 3.12. The van der Waals surface area contributed by atoms with Crippen molar-refractivity contribution in [1.29, 1.82) is 0 Å². The summed E-state index contributed by atoms with van der Waals surface area (Å²) in [5.41, 5.74) is 2.38. The molecule has 0 amide bonds. The Labute approximate surface area is 102 Å². The van der Waals surface area contributed by atoms with E-state index in [2.05, 4.69) is 63.9 Å². The first kappa shape index (κ1) is 12.1. The van der Waals surface area contributed by atoms with E-state index in [1.807, 2.05) is 0 Å². The van der Waals surface area contributed by atoms with Gasteiger partial charge in [-0.15, -0.1) is 0 Å². The summed E-state index contributed by atoms with van der Waals surface area (Å²) in [6, 6.07) is 6.22. The van der Waals surface area contributed by atoms with Crippen LogP contribution in [-0.4, -0.2) is 7.11 Å². The monoisotopic (exact) mass is 320 g/mol. The molecule has 0 aliphatic carbocycles. The smallest absolute Gasteiger partial charge is 0.127 e. The number of benzene rings is 1. The summed E-state index contributed by atoms with van der Waals surface area (Å²) < 4.78 is 5.44. The summed E-state index contributed by atoms with van der Waals surface area (Å²) in [6.45, 7) is 4.20. The molecule has 0 aliphatic rings. The van der Waals surface area contributed by atoms with Crippen molar-refractivity contribution in [2.24, 2.45) is 0 Å². The topological polar surface area (TPSA) is 9.23 Å². The molecular formula is C11H14Br2O. The second kappa shape index (κ2) is 5.17. The molecule has 0 spiro atoms. The molecule has 0 unspecified atom stereocenters. The fourth-order valence-corrected chi connectivity index (χ4v) is 2.16. The van der Waals surface area contributed by atoms with Crippen LogP contribution in [0.25, 0.3) is 0 Å². The second-order valence-corrected chi connectivity index (χ2v) is 5.95. The lowest BCUT2D eigenvalue weighted by molar-refractivity contribution is 0.405. The first-order valence-corrected chi connectivity index (χ1v) is 6.36. The highest BCUT2D eigenvalue weighted by molar-refractivity contribution is 9.09. The van der Waals surface area contributed by atoms with Gasteiger partial charge in [-0.25, -0.2) is 0 Å². The lowest BCUT2D eigenvalue weighted by atomic mass is 10.0. The molecule has 14 heavy (non-hydrogen) atoms. The molecule has 0 saturated carbocycles. The van der Waals surface area contributed by atoms with Gasteiger partial charge in [-0.1, -0.05) is 50.1 Å². The highest BCUT2D eigenvalue weighted by atomic mass is 79.9. The first-order chi connectivity index (χ1) is 6.57. The van der Waals surface area contributed by atoms with Crippen LogP contribution < -0.4 is 4.74 Å². The molecule has 0 radical (unpaired) electrons. The summed E-state index contributed by atoms with van der Waals surface area (Å²) in [5.74, 6) is 0.973. The van der Waals surface area contributed by atoms with Gasteiger partial charge >= 0.3 is 0 Å². The van der Waals surface area contributed by atoms with Crippen LogP contribution in [0.15, 0.2) is 18.2 Å². The normalized spacial score (nSPS) is 14.9. The third kappa shape index (κ3) is 2.51. The van der Waals surface area contributed by atoms with Gasteiger partial charge in [0, 0.05) is 20.8 Å². The Hall–Kier alpha value is -0.0200. The summed E-state index contributed by atoms with van der Waals surface area (Å²) in [7, 11) is 1.72. The van der Waals surface area contributed by atoms with Gasteiger partial charge in [0.1, 0.15) is 5.75 Å². The summed E-state index contributed by atoms with van der Waals surface area (Å²) >= 11 is 7.12. The van der Waals surface area contributed by atoms with Crippen molar-refractivity contribution in [3.8, 4) is 5.75 Å². The Morgan fingerprint density at radius 3 is 1.79 bits per heavy atom. The van der Waals surface area contributed by atoms with Crippen molar-refractivity contribution in [2.75, 3.05) is 7.11 Å². The summed E-state index contributed by atoms with van der Waals surface area (Å²) in [6.07, 6.45) is 0. The van der Waals surface area contributed by atoms with Crippen molar-refractivity contribution in [1.82, 2.24) is 0 Å². The van der Waals surface area contributed by atoms with Crippen LogP contribution in [0, 0.1) is 0 Å². The van der Waals surface area contributed by atoms with Gasteiger partial charge in [-0.3, -0.25) is 0 Å². The van der Waals surface area contributed by atoms with Crippen molar-refractivity contribution >= 4 is 31.9 Å². The molecule has 2 atom stereocenters. The highest BCUT2D eigenvalue weighted by Crippen LogP contribution is 2.38. The molecule has 0 saturated heterocycles. The minimum Gasteiger partial charge on any atom is -0.496 e. The van der Waals surface area contributed by atoms with Crippen LogP contribution in [0.5, 0.6) is 5.75 Å². The molecule has 78 valence electrons. The Balaban J connectivity index is 3.25. The van der Waals surface area contributed by atoms with E-state index in [1.54, 1.807) is 7.11 Å². The van der Waals surface area contributed by atoms with Gasteiger partial charge in [0.2, 0.25) is 0 Å². The van der Waals surface area contributed by atoms with Crippen LogP contribution in [0.4, 0.5) is 0 Å². The Kier molecular flexibility index (Phi) is 4.45. The number of alkyl halides is 2. The summed E-state index contributed by atoms with van der Waals surface area (Å²) in [5, 5.41) is 0. The molecule has 0 heterocycles. The van der Waals surface area contributed by atoms with E-state index in [0.29, 0.717) is 9.65 Å². The molecule has 0 N–H and O–H groups in total. The molecule has 0 fully saturated rings. The average Bonchev–Trinajstić information content (AvgIpc) is 2.16. The van der Waals surface area contributed by atoms with Crippen LogP contribution in [0.1, 0.15) is 34.6 Å². The van der Waals surface area contributed by atoms with Crippen LogP contribution in [0.3, 0.4) is 0 Å². The van der Waals surface area contributed by atoms with E-state index in [9.17, 15) is 0 Å². The van der Waals surface area contributed by atoms with Gasteiger partial charge in [-0.05, 0) is 13.8 Å². The van der Waals surface area contributed by atoms with Gasteiger partial charge in [-0.2, -0.15) is 0 Å². The zero-order chi connectivity index (χ0) is 10.7. The number of rotatable bonds is 3. The van der Waals surface area contributed by atoms with Crippen molar-refractivity contribution in [3.63, 3.8) is 0 Å². The fraction of sp³-hybridized carbons (Fsp3) is 0.455. The molecule has 1 aromatic carbocycles. The van der Waals surface area contributed by atoms with E-state index < -0.39 is 0 Å². The zero-order valence-corrected chi connectivity index (χ0v) is 11.7. The van der Waals surface area contributed by atoms with Crippen LogP contribution >= 0.6 is 31.9 Å². The largest absolute Gasteiger partial charge is 0.496 e. The number of hydrogen-bond donors (Lipinski definition) is 0. The van der Waals surface area contributed by atoms with Crippen molar-refractivity contribution in [3.05, 3.63) is 29.3 Å². The summed E-state index contributed by atoms with van der Waals surface area (Å²) in [4.78, 5) is 0.618. The minimum atomic E-state index is 0.309. The predicted molar refractivity (Wildman–Crippen MR) is 67.7 cm³/mol. The average molecular weight is 322 g/mol. The maximum atomic E-state index is 5.44. The quantitative estimate of drug-likeness (QED) is 0.739. The number of para-hydroxylation sites is 1. The molecule has 1 rings (SSSR count). The molecule has 3 heteroatoms. The van der Waals surface area contributed by atoms with Gasteiger partial charge in [0.15, 0.2) is 0 Å². The maximum absolute atomic E-state index is 5.44. The number of halogens is 2. The molecule has 0 bridgehead atoms. The number of methoxy groups -OCH3 is 1. The molecular weight excluding hydrogens is 308 g/mol. The maximum Gasteiger partial charge on any atom is 0.127 e. The second-order valence-electron chi connectivity index (χ2n) is 3.20. The fourth-order valence-electron chi connectivity index (χ4n) is 1.44. The standard InChI is InChI=1S/C11H14Br2O/c1-7(12)9-5-4-6-10(8(2)13)11(9)14-3/h4-8H,1-3H3/t7-,8-/m0/s1. The Bertz CT molecular complexity index is 282. The van der Waals surface area contributed by atoms with Crippen LogP contribution in [0.2, 0.25) is 0 Å². The SMILES string of the molecule is COc1c([C@H](C)Br)cccc1[C@H](C)Br. The predicted octanol–water partition coefficient (Wildman–Crippen LogP) is 4.61. The molecule has 0 aromatic heterocycles. The first-order valence-electron chi connectivity index (χ1n) is 4.52. The number of hydrogen-bond acceptors (Lipinski definition) is 1. The zero-order valence-electron chi connectivity index (χ0n) is 8.55. The van der Waals surface area contributed by atoms with Crippen molar-refractivity contribution < 1.29 is 4.74 Å². The number of ether oxygens (including phenoxy) is 1. The molecule has 0 aliphatic heterocycles. The third-order valence-electron chi connectivity index (χ3n) is 2.14. The van der Waals surface area contributed by atoms with E-state index in [1.165, 1.54) is 11.1 Å². The van der Waals surface area contributed by atoms with Crippen LogP contribution in [-0.2, 0) is 0 Å². The van der Waals surface area contributed by atoms with Gasteiger partial charge < -0.3 is 4.74 Å².